The van der Waals surface area contributed by atoms with Crippen molar-refractivity contribution >= 4 is 28.8 Å². The molecule has 1 aromatic rings. The third-order valence-electron chi connectivity index (χ3n) is 1.94. The molecule has 0 radical (unpaired) electrons. The predicted octanol–water partition coefficient (Wildman–Crippen LogP) is 3.12. The van der Waals surface area contributed by atoms with Crippen molar-refractivity contribution in [3.05, 3.63) is 21.9 Å². The van der Waals surface area contributed by atoms with Crippen molar-refractivity contribution in [2.75, 3.05) is 0 Å². The van der Waals surface area contributed by atoms with E-state index in [-0.39, 0.29) is 11.9 Å². The number of rotatable bonds is 4. The highest BCUT2D eigenvalue weighted by atomic mass is 35.5. The summed E-state index contributed by atoms with van der Waals surface area (Å²) in [5.41, 5.74) is 0. The number of thiophene rings is 1. The number of nitrogens with one attached hydrogen (secondary N) is 1. The van der Waals surface area contributed by atoms with Gasteiger partial charge in [-0.05, 0) is 32.4 Å². The first-order valence-corrected chi connectivity index (χ1v) is 6.33. The Kier molecular flexibility index (Phi) is 4.61. The Morgan fingerprint density at radius 3 is 2.67 bits per heavy atom. The lowest BCUT2D eigenvalue weighted by Crippen LogP contribution is -2.32. The maximum absolute atomic E-state index is 11.6. The third kappa shape index (κ3) is 3.50. The Morgan fingerprint density at radius 2 is 2.20 bits per heavy atom. The van der Waals surface area contributed by atoms with Gasteiger partial charge in [0.05, 0.1) is 0 Å². The number of alkyl halides is 1. The van der Waals surface area contributed by atoms with Gasteiger partial charge in [-0.2, -0.15) is 0 Å². The number of amides is 1. The molecule has 0 saturated heterocycles. The number of hydrogen-bond donors (Lipinski definition) is 1. The molecule has 0 aliphatic heterocycles. The Balaban J connectivity index is 2.67. The van der Waals surface area contributed by atoms with Gasteiger partial charge in [-0.3, -0.25) is 4.79 Å². The normalized spacial score (nSPS) is 12.9. The molecule has 0 aromatic carbocycles. The van der Waals surface area contributed by atoms with Crippen LogP contribution < -0.4 is 5.32 Å². The number of carbonyl (C=O) groups excluding carboxylic acids is 1. The fourth-order valence-electron chi connectivity index (χ4n) is 1.21. The van der Waals surface area contributed by atoms with Gasteiger partial charge < -0.3 is 5.32 Å². The average Bonchev–Trinajstić information content (AvgIpc) is 2.63. The van der Waals surface area contributed by atoms with Crippen LogP contribution in [0.4, 0.5) is 0 Å². The van der Waals surface area contributed by atoms with E-state index in [9.17, 15) is 4.79 Å². The fourth-order valence-corrected chi connectivity index (χ4v) is 2.41. The largest absolute Gasteiger partial charge is 0.352 e. The fraction of sp³-hybridized carbons (Fsp3) is 0.545. The first kappa shape index (κ1) is 12.5. The van der Waals surface area contributed by atoms with E-state index >= 15 is 0 Å². The van der Waals surface area contributed by atoms with Gasteiger partial charge in [0.25, 0.3) is 0 Å². The summed E-state index contributed by atoms with van der Waals surface area (Å²) >= 11 is 7.67. The van der Waals surface area contributed by atoms with Crippen molar-refractivity contribution in [2.24, 2.45) is 0 Å². The van der Waals surface area contributed by atoms with Crippen LogP contribution >= 0.6 is 22.9 Å². The summed E-state index contributed by atoms with van der Waals surface area (Å²) in [5.74, 6) is -0.115. The second-order valence-electron chi connectivity index (χ2n) is 3.68. The molecule has 1 aromatic heterocycles. The van der Waals surface area contributed by atoms with E-state index in [1.165, 1.54) is 4.88 Å². The smallest absolute Gasteiger partial charge is 0.243 e. The van der Waals surface area contributed by atoms with E-state index in [2.05, 4.69) is 12.2 Å². The molecule has 1 rings (SSSR count). The minimum absolute atomic E-state index is 0.115. The molecule has 0 spiro atoms. The molecule has 1 heterocycles. The number of halogens is 1. The van der Waals surface area contributed by atoms with Crippen LogP contribution in [0.1, 0.15) is 35.9 Å². The molecule has 0 saturated carbocycles. The van der Waals surface area contributed by atoms with Crippen LogP contribution in [0.5, 0.6) is 0 Å². The molecular weight excluding hydrogens is 230 g/mol. The van der Waals surface area contributed by atoms with Gasteiger partial charge in [0, 0.05) is 15.8 Å². The summed E-state index contributed by atoms with van der Waals surface area (Å²) in [5, 5.41) is 2.25. The van der Waals surface area contributed by atoms with E-state index < -0.39 is 5.38 Å². The van der Waals surface area contributed by atoms with Crippen LogP contribution in [0.3, 0.4) is 0 Å². The topological polar surface area (TPSA) is 29.1 Å². The molecular formula is C11H16ClNOS. The van der Waals surface area contributed by atoms with Gasteiger partial charge in [0.1, 0.15) is 5.38 Å². The van der Waals surface area contributed by atoms with Gasteiger partial charge in [-0.15, -0.1) is 22.9 Å². The molecule has 1 N–H and O–H groups in total. The molecule has 84 valence electrons. The molecule has 0 bridgehead atoms. The van der Waals surface area contributed by atoms with E-state index in [1.54, 1.807) is 11.3 Å². The summed E-state index contributed by atoms with van der Waals surface area (Å²) in [6, 6.07) is 4.09. The molecule has 15 heavy (non-hydrogen) atoms. The zero-order chi connectivity index (χ0) is 11.4. The highest BCUT2D eigenvalue weighted by Gasteiger charge is 2.19. The van der Waals surface area contributed by atoms with Crippen LogP contribution in [0, 0.1) is 0 Å². The molecule has 4 heteroatoms. The van der Waals surface area contributed by atoms with Crippen LogP contribution in [0.2, 0.25) is 0 Å². The minimum Gasteiger partial charge on any atom is -0.352 e. The summed E-state index contributed by atoms with van der Waals surface area (Å²) in [6.45, 7) is 5.94. The second kappa shape index (κ2) is 5.52. The molecule has 0 aliphatic carbocycles. The van der Waals surface area contributed by atoms with Crippen LogP contribution in [-0.2, 0) is 11.2 Å². The van der Waals surface area contributed by atoms with E-state index in [1.807, 2.05) is 26.0 Å². The highest BCUT2D eigenvalue weighted by Crippen LogP contribution is 2.28. The lowest BCUT2D eigenvalue weighted by molar-refractivity contribution is -0.121. The molecule has 2 nitrogen and oxygen atoms in total. The maximum Gasteiger partial charge on any atom is 0.243 e. The van der Waals surface area contributed by atoms with E-state index in [0.717, 1.165) is 11.3 Å². The van der Waals surface area contributed by atoms with E-state index in [0.29, 0.717) is 0 Å². The monoisotopic (exact) mass is 245 g/mol. The lowest BCUT2D eigenvalue weighted by Gasteiger charge is -2.11. The maximum atomic E-state index is 11.6. The summed E-state index contributed by atoms with van der Waals surface area (Å²) in [4.78, 5) is 13.8. The average molecular weight is 246 g/mol. The Labute approximate surface area is 99.6 Å². The van der Waals surface area contributed by atoms with Crippen LogP contribution in [0.25, 0.3) is 0 Å². The Bertz CT molecular complexity index is 335. The van der Waals surface area contributed by atoms with Crippen molar-refractivity contribution < 1.29 is 4.79 Å². The molecule has 1 amide bonds. The predicted molar refractivity (Wildman–Crippen MR) is 65.6 cm³/mol. The number of hydrogen-bond acceptors (Lipinski definition) is 2. The Hall–Kier alpha value is -0.540. The highest BCUT2D eigenvalue weighted by molar-refractivity contribution is 7.12. The number of carbonyl (C=O) groups is 1. The van der Waals surface area contributed by atoms with Crippen molar-refractivity contribution in [2.45, 2.75) is 38.6 Å². The molecule has 1 atom stereocenters. The van der Waals surface area contributed by atoms with Gasteiger partial charge >= 0.3 is 0 Å². The third-order valence-corrected chi connectivity index (χ3v) is 3.80. The lowest BCUT2D eigenvalue weighted by atomic mass is 10.3. The summed E-state index contributed by atoms with van der Waals surface area (Å²) < 4.78 is 0. The van der Waals surface area contributed by atoms with Crippen molar-refractivity contribution in [1.29, 1.82) is 0 Å². The minimum atomic E-state index is -0.558. The van der Waals surface area contributed by atoms with Crippen LogP contribution in [0.15, 0.2) is 12.1 Å². The van der Waals surface area contributed by atoms with Crippen molar-refractivity contribution in [3.63, 3.8) is 0 Å². The zero-order valence-corrected chi connectivity index (χ0v) is 10.8. The zero-order valence-electron chi connectivity index (χ0n) is 9.21. The van der Waals surface area contributed by atoms with Gasteiger partial charge in [0.15, 0.2) is 0 Å². The molecule has 0 aliphatic rings. The van der Waals surface area contributed by atoms with Gasteiger partial charge in [0.2, 0.25) is 5.91 Å². The summed E-state index contributed by atoms with van der Waals surface area (Å²) in [7, 11) is 0. The first-order chi connectivity index (χ1) is 7.04. The van der Waals surface area contributed by atoms with Crippen LogP contribution in [-0.4, -0.2) is 11.9 Å². The summed E-state index contributed by atoms with van der Waals surface area (Å²) in [6.07, 6.45) is 0.986. The molecule has 0 fully saturated rings. The SMILES string of the molecule is CCc1ccc(C(Cl)C(=O)NC(C)C)s1. The number of aryl methyl sites for hydroxylation is 1. The van der Waals surface area contributed by atoms with Crippen molar-refractivity contribution in [1.82, 2.24) is 5.32 Å². The van der Waals surface area contributed by atoms with Gasteiger partial charge in [-0.1, -0.05) is 6.92 Å². The Morgan fingerprint density at radius 1 is 1.53 bits per heavy atom. The first-order valence-electron chi connectivity index (χ1n) is 5.07. The quantitative estimate of drug-likeness (QED) is 0.812. The van der Waals surface area contributed by atoms with Crippen molar-refractivity contribution in [3.8, 4) is 0 Å². The van der Waals surface area contributed by atoms with Gasteiger partial charge in [-0.25, -0.2) is 0 Å². The molecule has 1 unspecified atom stereocenters. The second-order valence-corrected chi connectivity index (χ2v) is 5.32. The van der Waals surface area contributed by atoms with E-state index in [4.69, 9.17) is 11.6 Å². The standard InChI is InChI=1S/C11H16ClNOS/c1-4-8-5-6-9(15-8)10(12)11(14)13-7(2)3/h5-7,10H,4H2,1-3H3,(H,13,14).